The largest absolute Gasteiger partial charge is 0.369 e. The number of nitrogens with two attached hydrogens (primary N) is 1. The molecular formula is C7H10N4. The Morgan fingerprint density at radius 1 is 1.73 bits per heavy atom. The molecule has 0 aliphatic rings. The van der Waals surface area contributed by atoms with Crippen molar-refractivity contribution in [3.8, 4) is 6.07 Å². The van der Waals surface area contributed by atoms with Crippen molar-refractivity contribution in [2.75, 3.05) is 5.73 Å². The Hall–Kier alpha value is -1.50. The van der Waals surface area contributed by atoms with Gasteiger partial charge in [-0.15, -0.1) is 0 Å². The molecule has 1 aromatic heterocycles. The van der Waals surface area contributed by atoms with Gasteiger partial charge in [-0.25, -0.2) is 4.98 Å². The first-order chi connectivity index (χ1) is 5.34. The van der Waals surface area contributed by atoms with Crippen molar-refractivity contribution in [2.45, 2.75) is 19.4 Å². The minimum absolute atomic E-state index is 0.517. The second-order valence-electron chi connectivity index (χ2n) is 2.24. The molecule has 1 rings (SSSR count). The minimum atomic E-state index is 0.517. The van der Waals surface area contributed by atoms with E-state index >= 15 is 0 Å². The van der Waals surface area contributed by atoms with E-state index in [9.17, 15) is 0 Å². The zero-order valence-electron chi connectivity index (χ0n) is 6.20. The Labute approximate surface area is 65.3 Å². The van der Waals surface area contributed by atoms with Gasteiger partial charge >= 0.3 is 0 Å². The van der Waals surface area contributed by atoms with Crippen molar-refractivity contribution in [3.05, 3.63) is 12.4 Å². The first kappa shape index (κ1) is 7.61. The standard InChI is InChI=1S/C7H10N4/c8-3-1-2-5-11-6-4-10-7(11)9/h4,6H,1-2,5H2,(H2,9,10). The van der Waals surface area contributed by atoms with Crippen LogP contribution in [-0.2, 0) is 6.54 Å². The molecule has 0 saturated heterocycles. The van der Waals surface area contributed by atoms with E-state index in [1.165, 1.54) is 0 Å². The maximum atomic E-state index is 8.26. The average Bonchev–Trinajstić information content (AvgIpc) is 2.37. The first-order valence-corrected chi connectivity index (χ1v) is 3.48. The zero-order valence-corrected chi connectivity index (χ0v) is 6.20. The molecule has 0 spiro atoms. The summed E-state index contributed by atoms with van der Waals surface area (Å²) in [4.78, 5) is 3.85. The molecule has 11 heavy (non-hydrogen) atoms. The fourth-order valence-corrected chi connectivity index (χ4v) is 0.858. The van der Waals surface area contributed by atoms with Gasteiger partial charge < -0.3 is 10.3 Å². The van der Waals surface area contributed by atoms with Gasteiger partial charge in [-0.2, -0.15) is 5.26 Å². The molecule has 0 saturated carbocycles. The molecule has 0 atom stereocenters. The van der Waals surface area contributed by atoms with Crippen LogP contribution in [0.1, 0.15) is 12.8 Å². The van der Waals surface area contributed by atoms with E-state index in [0.29, 0.717) is 12.4 Å². The van der Waals surface area contributed by atoms with Gasteiger partial charge in [0.25, 0.3) is 0 Å². The Kier molecular flexibility index (Phi) is 2.50. The van der Waals surface area contributed by atoms with Gasteiger partial charge in [-0.3, -0.25) is 0 Å². The third-order valence-corrected chi connectivity index (χ3v) is 1.44. The molecule has 0 aliphatic heterocycles. The molecule has 0 aliphatic carbocycles. The van der Waals surface area contributed by atoms with Gasteiger partial charge in [0.2, 0.25) is 0 Å². The summed E-state index contributed by atoms with van der Waals surface area (Å²) in [5.41, 5.74) is 5.49. The minimum Gasteiger partial charge on any atom is -0.369 e. The molecule has 1 aromatic rings. The first-order valence-electron chi connectivity index (χ1n) is 3.48. The normalized spacial score (nSPS) is 9.36. The van der Waals surface area contributed by atoms with Gasteiger partial charge in [-0.1, -0.05) is 0 Å². The van der Waals surface area contributed by atoms with Crippen molar-refractivity contribution in [1.29, 1.82) is 5.26 Å². The van der Waals surface area contributed by atoms with Crippen LogP contribution >= 0.6 is 0 Å². The highest BCUT2D eigenvalue weighted by atomic mass is 15.1. The molecule has 0 fully saturated rings. The average molecular weight is 150 g/mol. The lowest BCUT2D eigenvalue weighted by Gasteiger charge is -2.00. The summed E-state index contributed by atoms with van der Waals surface area (Å²) in [5, 5.41) is 8.26. The van der Waals surface area contributed by atoms with E-state index < -0.39 is 0 Å². The summed E-state index contributed by atoms with van der Waals surface area (Å²) < 4.78 is 1.83. The lowest BCUT2D eigenvalue weighted by atomic mass is 10.3. The number of imidazole rings is 1. The van der Waals surface area contributed by atoms with Crippen LogP contribution < -0.4 is 5.73 Å². The van der Waals surface area contributed by atoms with Gasteiger partial charge in [0.15, 0.2) is 5.95 Å². The summed E-state index contributed by atoms with van der Waals surface area (Å²) in [6.07, 6.45) is 4.86. The number of nitriles is 1. The second-order valence-corrected chi connectivity index (χ2v) is 2.24. The van der Waals surface area contributed by atoms with Crippen LogP contribution in [0.5, 0.6) is 0 Å². The maximum Gasteiger partial charge on any atom is 0.200 e. The topological polar surface area (TPSA) is 67.6 Å². The lowest BCUT2D eigenvalue weighted by Crippen LogP contribution is -2.01. The van der Waals surface area contributed by atoms with Gasteiger partial charge in [0.05, 0.1) is 6.07 Å². The van der Waals surface area contributed by atoms with Gasteiger partial charge in [-0.05, 0) is 6.42 Å². The SMILES string of the molecule is N#CCCCn1ccnc1N. The molecular weight excluding hydrogens is 140 g/mol. The predicted octanol–water partition coefficient (Wildman–Crippen LogP) is 0.769. The maximum absolute atomic E-state index is 8.26. The fraction of sp³-hybridized carbons (Fsp3) is 0.429. The zero-order chi connectivity index (χ0) is 8.10. The van der Waals surface area contributed by atoms with Crippen molar-refractivity contribution < 1.29 is 0 Å². The van der Waals surface area contributed by atoms with Gasteiger partial charge in [0.1, 0.15) is 0 Å². The van der Waals surface area contributed by atoms with Crippen LogP contribution in [0.2, 0.25) is 0 Å². The molecule has 0 bridgehead atoms. The van der Waals surface area contributed by atoms with Crippen molar-refractivity contribution >= 4 is 5.95 Å². The van der Waals surface area contributed by atoms with Crippen LogP contribution in [0.25, 0.3) is 0 Å². The fourth-order valence-electron chi connectivity index (χ4n) is 0.858. The number of unbranched alkanes of at least 4 members (excludes halogenated alkanes) is 1. The third kappa shape index (κ3) is 1.97. The Morgan fingerprint density at radius 2 is 2.55 bits per heavy atom. The number of hydrogen-bond acceptors (Lipinski definition) is 3. The monoisotopic (exact) mass is 150 g/mol. The molecule has 1 heterocycles. The summed E-state index contributed by atoms with van der Waals surface area (Å²) in [7, 11) is 0. The molecule has 4 heteroatoms. The van der Waals surface area contributed by atoms with Gasteiger partial charge in [0, 0.05) is 25.4 Å². The number of nitrogen functional groups attached to an aromatic ring is 1. The Bertz CT molecular complexity index is 258. The molecule has 0 radical (unpaired) electrons. The summed E-state index contributed by atoms with van der Waals surface area (Å²) in [6.45, 7) is 0.777. The number of aromatic nitrogens is 2. The van der Waals surface area contributed by atoms with Crippen LogP contribution in [0, 0.1) is 11.3 Å². The van der Waals surface area contributed by atoms with Crippen LogP contribution in [-0.4, -0.2) is 9.55 Å². The van der Waals surface area contributed by atoms with Crippen molar-refractivity contribution in [2.24, 2.45) is 0 Å². The van der Waals surface area contributed by atoms with Crippen molar-refractivity contribution in [3.63, 3.8) is 0 Å². The molecule has 2 N–H and O–H groups in total. The molecule has 58 valence electrons. The molecule has 0 amide bonds. The summed E-state index contributed by atoms with van der Waals surface area (Å²) in [6, 6.07) is 2.08. The van der Waals surface area contributed by atoms with E-state index in [2.05, 4.69) is 11.1 Å². The predicted molar refractivity (Wildman–Crippen MR) is 41.5 cm³/mol. The number of aryl methyl sites for hydroxylation is 1. The summed E-state index contributed by atoms with van der Waals surface area (Å²) in [5.74, 6) is 0.517. The smallest absolute Gasteiger partial charge is 0.200 e. The Morgan fingerprint density at radius 3 is 3.09 bits per heavy atom. The van der Waals surface area contributed by atoms with E-state index in [1.54, 1.807) is 6.20 Å². The molecule has 0 unspecified atom stereocenters. The Balaban J connectivity index is 2.40. The van der Waals surface area contributed by atoms with E-state index in [4.69, 9.17) is 11.0 Å². The number of hydrogen-bond donors (Lipinski definition) is 1. The highest BCUT2D eigenvalue weighted by Crippen LogP contribution is 2.00. The summed E-state index contributed by atoms with van der Waals surface area (Å²) >= 11 is 0. The third-order valence-electron chi connectivity index (χ3n) is 1.44. The number of nitrogens with zero attached hydrogens (tertiary/aromatic N) is 3. The van der Waals surface area contributed by atoms with Crippen molar-refractivity contribution in [1.82, 2.24) is 9.55 Å². The second kappa shape index (κ2) is 3.62. The number of rotatable bonds is 3. The van der Waals surface area contributed by atoms with Crippen LogP contribution in [0.3, 0.4) is 0 Å². The van der Waals surface area contributed by atoms with E-state index in [-0.39, 0.29) is 0 Å². The van der Waals surface area contributed by atoms with E-state index in [1.807, 2.05) is 10.8 Å². The highest BCUT2D eigenvalue weighted by Gasteiger charge is 1.95. The quantitative estimate of drug-likeness (QED) is 0.647. The molecule has 0 aromatic carbocycles. The lowest BCUT2D eigenvalue weighted by molar-refractivity contribution is 0.661. The van der Waals surface area contributed by atoms with Crippen LogP contribution in [0.15, 0.2) is 12.4 Å². The number of anilines is 1. The van der Waals surface area contributed by atoms with E-state index in [0.717, 1.165) is 13.0 Å². The highest BCUT2D eigenvalue weighted by molar-refractivity contribution is 5.16. The molecule has 4 nitrogen and oxygen atoms in total. The van der Waals surface area contributed by atoms with Crippen LogP contribution in [0.4, 0.5) is 5.95 Å².